The summed E-state index contributed by atoms with van der Waals surface area (Å²) >= 11 is 7.05. The number of amides is 1. The van der Waals surface area contributed by atoms with Crippen molar-refractivity contribution in [1.29, 1.82) is 0 Å². The van der Waals surface area contributed by atoms with Crippen molar-refractivity contribution in [2.24, 2.45) is 0 Å². The lowest BCUT2D eigenvalue weighted by Crippen LogP contribution is -2.16. The van der Waals surface area contributed by atoms with Crippen LogP contribution in [-0.2, 0) is 11.0 Å². The van der Waals surface area contributed by atoms with E-state index >= 15 is 0 Å². The predicted octanol–water partition coefficient (Wildman–Crippen LogP) is 5.88. The summed E-state index contributed by atoms with van der Waals surface area (Å²) in [5.74, 6) is -0.166. The molecule has 0 heterocycles. The molecule has 2 aromatic rings. The summed E-state index contributed by atoms with van der Waals surface area (Å²) in [6.07, 6.45) is -3.80. The SMILES string of the molecule is CCCOc1ccc(C(F)(F)F)cc1NC(=O)CSc1ccc(Cl)cc1. The van der Waals surface area contributed by atoms with Crippen LogP contribution in [0.5, 0.6) is 5.75 Å². The summed E-state index contributed by atoms with van der Waals surface area (Å²) in [6, 6.07) is 9.97. The standard InChI is InChI=1S/C18H17ClF3NO2S/c1-2-9-25-16-8-3-12(18(20,21)22)10-15(16)23-17(24)11-26-14-6-4-13(19)5-7-14/h3-8,10H,2,9,11H2,1H3,(H,23,24). The highest BCUT2D eigenvalue weighted by Crippen LogP contribution is 2.35. The van der Waals surface area contributed by atoms with Crippen molar-refractivity contribution in [3.8, 4) is 5.75 Å². The first-order valence-corrected chi connectivity index (χ1v) is 9.18. The topological polar surface area (TPSA) is 38.3 Å². The highest BCUT2D eigenvalue weighted by Gasteiger charge is 2.31. The van der Waals surface area contributed by atoms with Crippen LogP contribution < -0.4 is 10.1 Å². The minimum atomic E-state index is -4.50. The zero-order valence-electron chi connectivity index (χ0n) is 13.9. The maximum atomic E-state index is 12.9. The second-order valence-corrected chi connectivity index (χ2v) is 6.83. The molecule has 1 amide bonds. The van der Waals surface area contributed by atoms with Gasteiger partial charge in [0.1, 0.15) is 5.75 Å². The van der Waals surface area contributed by atoms with E-state index < -0.39 is 17.6 Å². The molecule has 140 valence electrons. The second-order valence-electron chi connectivity index (χ2n) is 5.35. The molecule has 0 atom stereocenters. The lowest BCUT2D eigenvalue weighted by molar-refractivity contribution is -0.137. The van der Waals surface area contributed by atoms with Gasteiger partial charge in [0, 0.05) is 9.92 Å². The van der Waals surface area contributed by atoms with Gasteiger partial charge in [-0.3, -0.25) is 4.79 Å². The second kappa shape index (κ2) is 9.19. The zero-order chi connectivity index (χ0) is 19.2. The molecular formula is C18H17ClF3NO2S. The Morgan fingerprint density at radius 2 is 1.88 bits per heavy atom. The largest absolute Gasteiger partial charge is 0.491 e. The Hall–Kier alpha value is -1.86. The van der Waals surface area contributed by atoms with E-state index in [1.54, 1.807) is 24.3 Å². The summed E-state index contributed by atoms with van der Waals surface area (Å²) in [5.41, 5.74) is -0.836. The number of carbonyl (C=O) groups is 1. The molecule has 0 spiro atoms. The molecule has 2 aromatic carbocycles. The van der Waals surface area contributed by atoms with Gasteiger partial charge in [0.15, 0.2) is 0 Å². The number of rotatable bonds is 7. The molecule has 0 saturated carbocycles. The number of ether oxygens (including phenoxy) is 1. The third-order valence-electron chi connectivity index (χ3n) is 3.23. The van der Waals surface area contributed by atoms with Crippen LogP contribution in [0.1, 0.15) is 18.9 Å². The van der Waals surface area contributed by atoms with Gasteiger partial charge < -0.3 is 10.1 Å². The van der Waals surface area contributed by atoms with Crippen LogP contribution >= 0.6 is 23.4 Å². The first-order valence-electron chi connectivity index (χ1n) is 7.82. The lowest BCUT2D eigenvalue weighted by atomic mass is 10.1. The van der Waals surface area contributed by atoms with Crippen LogP contribution in [-0.4, -0.2) is 18.3 Å². The number of carbonyl (C=O) groups excluding carboxylic acids is 1. The van der Waals surface area contributed by atoms with Crippen LogP contribution in [0.4, 0.5) is 18.9 Å². The molecule has 0 aliphatic carbocycles. The van der Waals surface area contributed by atoms with Gasteiger partial charge in [-0.25, -0.2) is 0 Å². The predicted molar refractivity (Wildman–Crippen MR) is 98.0 cm³/mol. The number of thioether (sulfide) groups is 1. The fourth-order valence-electron chi connectivity index (χ4n) is 2.01. The van der Waals surface area contributed by atoms with E-state index in [1.807, 2.05) is 6.92 Å². The minimum absolute atomic E-state index is 0.00924. The first-order chi connectivity index (χ1) is 12.3. The fraction of sp³-hybridized carbons (Fsp3) is 0.278. The third-order valence-corrected chi connectivity index (χ3v) is 4.49. The monoisotopic (exact) mass is 403 g/mol. The highest BCUT2D eigenvalue weighted by molar-refractivity contribution is 8.00. The maximum absolute atomic E-state index is 12.9. The molecule has 1 N–H and O–H groups in total. The van der Waals surface area contributed by atoms with Crippen LogP contribution in [0, 0.1) is 0 Å². The van der Waals surface area contributed by atoms with E-state index in [1.165, 1.54) is 17.8 Å². The van der Waals surface area contributed by atoms with Crippen molar-refractivity contribution in [2.75, 3.05) is 17.7 Å². The van der Waals surface area contributed by atoms with Crippen molar-refractivity contribution in [3.63, 3.8) is 0 Å². The smallest absolute Gasteiger partial charge is 0.416 e. The Kier molecular flexibility index (Phi) is 7.23. The molecule has 0 radical (unpaired) electrons. The number of anilines is 1. The van der Waals surface area contributed by atoms with E-state index in [-0.39, 0.29) is 17.2 Å². The molecule has 0 saturated heterocycles. The Labute approximate surface area is 158 Å². The quantitative estimate of drug-likeness (QED) is 0.587. The molecule has 2 rings (SSSR count). The number of hydrogen-bond acceptors (Lipinski definition) is 3. The number of hydrogen-bond donors (Lipinski definition) is 1. The highest BCUT2D eigenvalue weighted by atomic mass is 35.5. The lowest BCUT2D eigenvalue weighted by Gasteiger charge is -2.15. The van der Waals surface area contributed by atoms with Gasteiger partial charge in [-0.05, 0) is 48.9 Å². The Balaban J connectivity index is 2.09. The van der Waals surface area contributed by atoms with E-state index in [0.29, 0.717) is 18.1 Å². The van der Waals surface area contributed by atoms with Crippen LogP contribution in [0.2, 0.25) is 5.02 Å². The van der Waals surface area contributed by atoms with Gasteiger partial charge in [-0.1, -0.05) is 18.5 Å². The van der Waals surface area contributed by atoms with Crippen molar-refractivity contribution in [1.82, 2.24) is 0 Å². The third kappa shape index (κ3) is 6.14. The van der Waals surface area contributed by atoms with E-state index in [0.717, 1.165) is 17.0 Å². The van der Waals surface area contributed by atoms with Crippen molar-refractivity contribution >= 4 is 35.0 Å². The van der Waals surface area contributed by atoms with Gasteiger partial charge in [0.25, 0.3) is 0 Å². The number of halogens is 4. The first kappa shape index (κ1) is 20.5. The number of benzene rings is 2. The summed E-state index contributed by atoms with van der Waals surface area (Å²) < 4.78 is 44.2. The minimum Gasteiger partial charge on any atom is -0.491 e. The molecule has 26 heavy (non-hydrogen) atoms. The molecule has 0 fully saturated rings. The molecular weight excluding hydrogens is 387 g/mol. The van der Waals surface area contributed by atoms with Crippen molar-refractivity contribution < 1.29 is 22.7 Å². The van der Waals surface area contributed by atoms with Crippen molar-refractivity contribution in [3.05, 3.63) is 53.1 Å². The van der Waals surface area contributed by atoms with Gasteiger partial charge in [-0.2, -0.15) is 13.2 Å². The van der Waals surface area contributed by atoms with Gasteiger partial charge >= 0.3 is 6.18 Å². The van der Waals surface area contributed by atoms with Gasteiger partial charge in [0.2, 0.25) is 5.91 Å². The summed E-state index contributed by atoms with van der Waals surface area (Å²) in [5, 5.41) is 3.09. The maximum Gasteiger partial charge on any atom is 0.416 e. The molecule has 0 aromatic heterocycles. The average Bonchev–Trinajstić information content (AvgIpc) is 2.59. The Bertz CT molecular complexity index is 751. The number of alkyl halides is 3. The fourth-order valence-corrected chi connectivity index (χ4v) is 2.83. The molecule has 3 nitrogen and oxygen atoms in total. The van der Waals surface area contributed by atoms with Crippen LogP contribution in [0.3, 0.4) is 0 Å². The normalized spacial score (nSPS) is 11.3. The molecule has 0 bridgehead atoms. The van der Waals surface area contributed by atoms with Crippen LogP contribution in [0.15, 0.2) is 47.4 Å². The van der Waals surface area contributed by atoms with E-state index in [9.17, 15) is 18.0 Å². The average molecular weight is 404 g/mol. The van der Waals surface area contributed by atoms with Crippen LogP contribution in [0.25, 0.3) is 0 Å². The van der Waals surface area contributed by atoms with Crippen molar-refractivity contribution in [2.45, 2.75) is 24.4 Å². The molecule has 0 unspecified atom stereocenters. The molecule has 0 aliphatic rings. The summed E-state index contributed by atoms with van der Waals surface area (Å²) in [7, 11) is 0. The van der Waals surface area contributed by atoms with E-state index in [4.69, 9.17) is 16.3 Å². The summed E-state index contributed by atoms with van der Waals surface area (Å²) in [6.45, 7) is 2.22. The number of nitrogens with one attached hydrogen (secondary N) is 1. The van der Waals surface area contributed by atoms with Gasteiger partial charge in [0.05, 0.1) is 23.6 Å². The molecule has 0 aliphatic heterocycles. The Morgan fingerprint density at radius 1 is 1.19 bits per heavy atom. The zero-order valence-corrected chi connectivity index (χ0v) is 15.5. The van der Waals surface area contributed by atoms with E-state index in [2.05, 4.69) is 5.32 Å². The van der Waals surface area contributed by atoms with Gasteiger partial charge in [-0.15, -0.1) is 11.8 Å². The molecule has 8 heteroatoms. The summed E-state index contributed by atoms with van der Waals surface area (Å²) in [4.78, 5) is 13.0. The Morgan fingerprint density at radius 3 is 2.50 bits per heavy atom.